The first kappa shape index (κ1) is 19.6. The summed E-state index contributed by atoms with van der Waals surface area (Å²) >= 11 is 0. The van der Waals surface area contributed by atoms with Crippen LogP contribution in [0.25, 0.3) is 0 Å². The number of anilines is 1. The van der Waals surface area contributed by atoms with Crippen LogP contribution >= 0.6 is 0 Å². The molecule has 152 valence electrons. The quantitative estimate of drug-likeness (QED) is 0.862. The Bertz CT molecular complexity index is 924. The predicted molar refractivity (Wildman–Crippen MR) is 108 cm³/mol. The molecule has 1 unspecified atom stereocenters. The fraction of sp³-hybridized carbons (Fsp3) is 0.391. The highest BCUT2D eigenvalue weighted by atomic mass is 19.1. The Morgan fingerprint density at radius 3 is 2.62 bits per heavy atom. The molecule has 29 heavy (non-hydrogen) atoms. The van der Waals surface area contributed by atoms with Gasteiger partial charge < -0.3 is 15.0 Å². The number of rotatable bonds is 3. The third-order valence-corrected chi connectivity index (χ3v) is 6.10. The summed E-state index contributed by atoms with van der Waals surface area (Å²) in [5, 5.41) is 2.85. The van der Waals surface area contributed by atoms with Gasteiger partial charge in [0.15, 0.2) is 0 Å². The van der Waals surface area contributed by atoms with Crippen LogP contribution in [0, 0.1) is 24.1 Å². The van der Waals surface area contributed by atoms with E-state index in [1.54, 1.807) is 17.0 Å². The van der Waals surface area contributed by atoms with Gasteiger partial charge in [0.05, 0.1) is 5.92 Å². The van der Waals surface area contributed by atoms with Crippen molar-refractivity contribution < 1.29 is 18.7 Å². The monoisotopic (exact) mass is 396 g/mol. The molecule has 0 saturated carbocycles. The summed E-state index contributed by atoms with van der Waals surface area (Å²) in [7, 11) is 0. The average Bonchev–Trinajstić information content (AvgIpc) is 3.06. The summed E-state index contributed by atoms with van der Waals surface area (Å²) in [4.78, 5) is 28.0. The van der Waals surface area contributed by atoms with Gasteiger partial charge in [-0.15, -0.1) is 0 Å². The second kappa shape index (κ2) is 7.95. The minimum Gasteiger partial charge on any atom is -0.381 e. The van der Waals surface area contributed by atoms with Gasteiger partial charge in [0, 0.05) is 43.0 Å². The molecule has 2 amide bonds. The minimum atomic E-state index is -0.397. The van der Waals surface area contributed by atoms with Crippen LogP contribution in [0.2, 0.25) is 0 Å². The highest BCUT2D eigenvalue weighted by molar-refractivity contribution is 5.97. The Morgan fingerprint density at radius 1 is 1.14 bits per heavy atom. The Balaban J connectivity index is 1.57. The Labute approximate surface area is 169 Å². The van der Waals surface area contributed by atoms with Crippen LogP contribution in [-0.2, 0) is 9.53 Å². The largest absolute Gasteiger partial charge is 0.381 e. The molecular formula is C23H25FN2O3. The third kappa shape index (κ3) is 4.03. The maximum absolute atomic E-state index is 13.5. The molecule has 5 nitrogen and oxygen atoms in total. The van der Waals surface area contributed by atoms with E-state index >= 15 is 0 Å². The van der Waals surface area contributed by atoms with E-state index in [1.165, 1.54) is 12.1 Å². The summed E-state index contributed by atoms with van der Waals surface area (Å²) in [5.74, 6) is -0.979. The van der Waals surface area contributed by atoms with E-state index in [2.05, 4.69) is 5.32 Å². The minimum absolute atomic E-state index is 0.0550. The smallest absolute Gasteiger partial charge is 0.253 e. The van der Waals surface area contributed by atoms with E-state index in [0.717, 1.165) is 18.4 Å². The molecule has 2 aromatic rings. The zero-order chi connectivity index (χ0) is 20.4. The number of ether oxygens (including phenoxy) is 1. The van der Waals surface area contributed by atoms with Crippen molar-refractivity contribution in [2.45, 2.75) is 19.8 Å². The molecule has 2 aromatic carbocycles. The second-order valence-corrected chi connectivity index (χ2v) is 8.08. The van der Waals surface area contributed by atoms with Gasteiger partial charge >= 0.3 is 0 Å². The molecule has 2 heterocycles. The van der Waals surface area contributed by atoms with Gasteiger partial charge in [0.2, 0.25) is 5.91 Å². The first-order valence-electron chi connectivity index (χ1n) is 9.97. The van der Waals surface area contributed by atoms with Gasteiger partial charge in [-0.25, -0.2) is 4.39 Å². The maximum Gasteiger partial charge on any atom is 0.253 e. The standard InChI is InChI=1S/C23H25FN2O3/c1-16-4-2-5-17(12-16)22(28)26-14-20(23(15-26)8-10-29-11-9-23)21(27)25-19-7-3-6-18(24)13-19/h2-7,12-13,20H,8-11,14-15H2,1H3,(H,25,27). The van der Waals surface area contributed by atoms with Crippen molar-refractivity contribution in [2.75, 3.05) is 31.6 Å². The lowest BCUT2D eigenvalue weighted by atomic mass is 9.71. The lowest BCUT2D eigenvalue weighted by molar-refractivity contribution is -0.124. The molecule has 2 aliphatic rings. The number of hydrogen-bond donors (Lipinski definition) is 1. The van der Waals surface area contributed by atoms with Gasteiger partial charge in [-0.3, -0.25) is 9.59 Å². The first-order valence-corrected chi connectivity index (χ1v) is 9.97. The number of nitrogens with zero attached hydrogens (tertiary/aromatic N) is 1. The van der Waals surface area contributed by atoms with E-state index in [-0.39, 0.29) is 23.1 Å². The number of nitrogens with one attached hydrogen (secondary N) is 1. The number of carbonyl (C=O) groups is 2. The third-order valence-electron chi connectivity index (χ3n) is 6.10. The summed E-state index contributed by atoms with van der Waals surface area (Å²) < 4.78 is 19.0. The Morgan fingerprint density at radius 2 is 1.90 bits per heavy atom. The predicted octanol–water partition coefficient (Wildman–Crippen LogP) is 3.64. The maximum atomic E-state index is 13.5. The van der Waals surface area contributed by atoms with Crippen molar-refractivity contribution in [3.8, 4) is 0 Å². The van der Waals surface area contributed by atoms with Crippen LogP contribution in [0.4, 0.5) is 10.1 Å². The van der Waals surface area contributed by atoms with E-state index in [4.69, 9.17) is 4.74 Å². The molecule has 0 radical (unpaired) electrons. The Kier molecular flexibility index (Phi) is 5.37. The molecule has 1 spiro atoms. The van der Waals surface area contributed by atoms with Crippen molar-refractivity contribution in [3.05, 3.63) is 65.5 Å². The number of carbonyl (C=O) groups excluding carboxylic acids is 2. The molecule has 4 rings (SSSR count). The zero-order valence-corrected chi connectivity index (χ0v) is 16.5. The molecular weight excluding hydrogens is 371 g/mol. The fourth-order valence-electron chi connectivity index (χ4n) is 4.53. The SMILES string of the molecule is Cc1cccc(C(=O)N2CC(C(=O)Nc3cccc(F)c3)C3(CCOCC3)C2)c1. The molecule has 0 aromatic heterocycles. The summed E-state index contributed by atoms with van der Waals surface area (Å²) in [6.07, 6.45) is 1.46. The molecule has 2 saturated heterocycles. The number of aryl methyl sites for hydroxylation is 1. The van der Waals surface area contributed by atoms with Crippen LogP contribution in [0.3, 0.4) is 0 Å². The van der Waals surface area contributed by atoms with Gasteiger partial charge in [-0.1, -0.05) is 23.8 Å². The highest BCUT2D eigenvalue weighted by Gasteiger charge is 2.51. The van der Waals surface area contributed by atoms with Crippen molar-refractivity contribution in [3.63, 3.8) is 0 Å². The van der Waals surface area contributed by atoms with Gasteiger partial charge in [-0.2, -0.15) is 0 Å². The lowest BCUT2D eigenvalue weighted by Crippen LogP contribution is -2.42. The molecule has 1 N–H and O–H groups in total. The zero-order valence-electron chi connectivity index (χ0n) is 16.5. The van der Waals surface area contributed by atoms with Crippen LogP contribution in [0.5, 0.6) is 0 Å². The normalized spacial score (nSPS) is 20.6. The first-order chi connectivity index (χ1) is 14.0. The summed E-state index contributed by atoms with van der Waals surface area (Å²) in [6.45, 7) is 4.00. The second-order valence-electron chi connectivity index (χ2n) is 8.08. The molecule has 2 fully saturated rings. The topological polar surface area (TPSA) is 58.6 Å². The number of hydrogen-bond acceptors (Lipinski definition) is 3. The molecule has 6 heteroatoms. The van der Waals surface area contributed by atoms with Crippen LogP contribution in [0.1, 0.15) is 28.8 Å². The van der Waals surface area contributed by atoms with Gasteiger partial charge in [0.1, 0.15) is 5.82 Å². The molecule has 0 bridgehead atoms. The number of amides is 2. The lowest BCUT2D eigenvalue weighted by Gasteiger charge is -2.37. The van der Waals surface area contributed by atoms with Crippen molar-refractivity contribution in [1.29, 1.82) is 0 Å². The van der Waals surface area contributed by atoms with E-state index in [9.17, 15) is 14.0 Å². The number of halogens is 1. The van der Waals surface area contributed by atoms with Crippen LogP contribution in [-0.4, -0.2) is 43.0 Å². The summed E-state index contributed by atoms with van der Waals surface area (Å²) in [6, 6.07) is 13.4. The average molecular weight is 396 g/mol. The highest BCUT2D eigenvalue weighted by Crippen LogP contribution is 2.45. The van der Waals surface area contributed by atoms with Crippen LogP contribution < -0.4 is 5.32 Å². The van der Waals surface area contributed by atoms with E-state index in [1.807, 2.05) is 31.2 Å². The number of likely N-dealkylation sites (tertiary alicyclic amines) is 1. The summed E-state index contributed by atoms with van der Waals surface area (Å²) in [5.41, 5.74) is 1.78. The van der Waals surface area contributed by atoms with Gasteiger partial charge in [-0.05, 0) is 50.1 Å². The van der Waals surface area contributed by atoms with Gasteiger partial charge in [0.25, 0.3) is 5.91 Å². The molecule has 1 atom stereocenters. The molecule has 2 aliphatic heterocycles. The van der Waals surface area contributed by atoms with E-state index < -0.39 is 5.82 Å². The van der Waals surface area contributed by atoms with Crippen molar-refractivity contribution in [1.82, 2.24) is 4.90 Å². The molecule has 0 aliphatic carbocycles. The van der Waals surface area contributed by atoms with Crippen molar-refractivity contribution in [2.24, 2.45) is 11.3 Å². The van der Waals surface area contributed by atoms with Crippen LogP contribution in [0.15, 0.2) is 48.5 Å². The Hall–Kier alpha value is -2.73. The number of benzene rings is 2. The van der Waals surface area contributed by atoms with Crippen molar-refractivity contribution >= 4 is 17.5 Å². The van der Waals surface area contributed by atoms with E-state index in [0.29, 0.717) is 37.6 Å². The fourth-order valence-corrected chi connectivity index (χ4v) is 4.53.